The van der Waals surface area contributed by atoms with E-state index in [9.17, 15) is 13.2 Å². The number of fused-ring (bicyclic) bond motifs is 1. The number of benzene rings is 1. The summed E-state index contributed by atoms with van der Waals surface area (Å²) >= 11 is 1.63. The molecule has 1 aromatic heterocycles. The molecule has 124 valence electrons. The summed E-state index contributed by atoms with van der Waals surface area (Å²) < 4.78 is 40.8. The van der Waals surface area contributed by atoms with Crippen LogP contribution >= 0.6 is 11.8 Å². The molecule has 0 saturated carbocycles. The van der Waals surface area contributed by atoms with Crippen LogP contribution in [0.15, 0.2) is 29.3 Å². The minimum absolute atomic E-state index is 0.361. The zero-order valence-electron chi connectivity index (χ0n) is 12.8. The monoisotopic (exact) mass is 342 g/mol. The van der Waals surface area contributed by atoms with Crippen molar-refractivity contribution in [3.8, 4) is 0 Å². The smallest absolute Gasteiger partial charge is 0.365 e. The van der Waals surface area contributed by atoms with Crippen molar-refractivity contribution in [3.05, 3.63) is 35.7 Å². The minimum Gasteiger partial charge on any atom is -0.365 e. The van der Waals surface area contributed by atoms with Gasteiger partial charge in [0.15, 0.2) is 0 Å². The molecule has 0 unspecified atom stereocenters. The second kappa shape index (κ2) is 6.07. The van der Waals surface area contributed by atoms with E-state index in [-0.39, 0.29) is 0 Å². The molecule has 1 atom stereocenters. The molecule has 8 heteroatoms. The van der Waals surface area contributed by atoms with Crippen LogP contribution in [0.1, 0.15) is 24.6 Å². The molecule has 2 aromatic rings. The van der Waals surface area contributed by atoms with Crippen LogP contribution in [0.5, 0.6) is 0 Å². The maximum absolute atomic E-state index is 13.1. The van der Waals surface area contributed by atoms with Crippen LogP contribution in [0.3, 0.4) is 0 Å². The number of hydrogen-bond acceptors (Lipinski definition) is 4. The first-order chi connectivity index (χ1) is 10.8. The quantitative estimate of drug-likeness (QED) is 0.833. The molecule has 0 aliphatic carbocycles. The Balaban J connectivity index is 2.00. The summed E-state index contributed by atoms with van der Waals surface area (Å²) in [5.41, 5.74) is 0.892. The van der Waals surface area contributed by atoms with Gasteiger partial charge in [-0.25, -0.2) is 0 Å². The number of halogens is 3. The highest BCUT2D eigenvalue weighted by atomic mass is 32.2. The molecule has 0 bridgehead atoms. The summed E-state index contributed by atoms with van der Waals surface area (Å²) in [4.78, 5) is 2.87. The Morgan fingerprint density at radius 3 is 2.78 bits per heavy atom. The molecule has 0 N–H and O–H groups in total. The second-order valence-electron chi connectivity index (χ2n) is 5.67. The number of aryl methyl sites for hydroxylation is 1. The Morgan fingerprint density at radius 2 is 2.13 bits per heavy atom. The van der Waals surface area contributed by atoms with Crippen LogP contribution in [-0.4, -0.2) is 26.8 Å². The summed E-state index contributed by atoms with van der Waals surface area (Å²) in [6.07, 6.45) is -1.78. The van der Waals surface area contributed by atoms with Crippen LogP contribution in [0.4, 0.5) is 18.9 Å². The van der Waals surface area contributed by atoms with Crippen LogP contribution in [0.25, 0.3) is 0 Å². The summed E-state index contributed by atoms with van der Waals surface area (Å²) in [5, 5.41) is 8.09. The summed E-state index contributed by atoms with van der Waals surface area (Å²) in [5.74, 6) is 0. The lowest BCUT2D eigenvalue weighted by molar-refractivity contribution is -0.137. The minimum atomic E-state index is -4.34. The van der Waals surface area contributed by atoms with E-state index in [1.807, 2.05) is 4.90 Å². The van der Waals surface area contributed by atoms with Crippen LogP contribution in [0, 0.1) is 0 Å². The number of hydrogen-bond donors (Lipinski definition) is 0. The lowest BCUT2D eigenvalue weighted by atomic mass is 10.1. The Morgan fingerprint density at radius 1 is 1.35 bits per heavy atom. The summed E-state index contributed by atoms with van der Waals surface area (Å²) in [6.45, 7) is 3.29. The maximum Gasteiger partial charge on any atom is 0.416 e. The van der Waals surface area contributed by atoms with E-state index in [0.717, 1.165) is 23.1 Å². The number of nitrogens with zero attached hydrogens (tertiary/aromatic N) is 4. The molecule has 3 rings (SSSR count). The zero-order valence-corrected chi connectivity index (χ0v) is 13.7. The van der Waals surface area contributed by atoms with E-state index >= 15 is 0 Å². The molecule has 2 heterocycles. The fraction of sp³-hybridized carbons (Fsp3) is 0.467. The molecular formula is C15H17F3N4S. The summed E-state index contributed by atoms with van der Waals surface area (Å²) in [6, 6.07) is 4.00. The Kier molecular flexibility index (Phi) is 4.27. The van der Waals surface area contributed by atoms with Gasteiger partial charge in [0, 0.05) is 23.7 Å². The van der Waals surface area contributed by atoms with Crippen LogP contribution in [0.2, 0.25) is 0 Å². The molecular weight excluding hydrogens is 325 g/mol. The lowest BCUT2D eigenvalue weighted by Crippen LogP contribution is -2.26. The predicted octanol–water partition coefficient (Wildman–Crippen LogP) is 3.72. The van der Waals surface area contributed by atoms with Crippen LogP contribution in [-0.2, 0) is 19.8 Å². The van der Waals surface area contributed by atoms with Crippen molar-refractivity contribution in [2.45, 2.75) is 36.2 Å². The Labute approximate surface area is 136 Å². The van der Waals surface area contributed by atoms with E-state index in [1.165, 1.54) is 6.07 Å². The third kappa shape index (κ3) is 3.46. The van der Waals surface area contributed by atoms with Gasteiger partial charge in [-0.1, -0.05) is 12.1 Å². The molecule has 4 nitrogen and oxygen atoms in total. The highest BCUT2D eigenvalue weighted by Crippen LogP contribution is 2.41. The first-order valence-corrected chi connectivity index (χ1v) is 8.19. The zero-order chi connectivity index (χ0) is 16.6. The molecule has 0 radical (unpaired) electrons. The average Bonchev–Trinajstić information content (AvgIpc) is 2.80. The van der Waals surface area contributed by atoms with E-state index in [4.69, 9.17) is 0 Å². The number of rotatable bonds is 2. The van der Waals surface area contributed by atoms with Crippen molar-refractivity contribution in [3.63, 3.8) is 0 Å². The van der Waals surface area contributed by atoms with Gasteiger partial charge in [-0.2, -0.15) is 13.2 Å². The topological polar surface area (TPSA) is 34.0 Å². The predicted molar refractivity (Wildman–Crippen MR) is 83.4 cm³/mol. The van der Waals surface area contributed by atoms with Gasteiger partial charge in [0.2, 0.25) is 0 Å². The average molecular weight is 342 g/mol. The highest BCUT2D eigenvalue weighted by molar-refractivity contribution is 8.00. The van der Waals surface area contributed by atoms with E-state index in [0.29, 0.717) is 24.0 Å². The molecule has 0 spiro atoms. The molecule has 1 aliphatic heterocycles. The van der Waals surface area contributed by atoms with Gasteiger partial charge in [0.05, 0.1) is 29.7 Å². The molecule has 0 amide bonds. The van der Waals surface area contributed by atoms with E-state index in [2.05, 4.69) is 17.2 Å². The normalized spacial score (nSPS) is 18.7. The fourth-order valence-electron chi connectivity index (χ4n) is 2.59. The first-order valence-electron chi connectivity index (χ1n) is 7.31. The summed E-state index contributed by atoms with van der Waals surface area (Å²) in [7, 11) is 1.78. The van der Waals surface area contributed by atoms with Crippen molar-refractivity contribution >= 4 is 17.4 Å². The maximum atomic E-state index is 13.1. The van der Waals surface area contributed by atoms with E-state index in [1.54, 1.807) is 35.8 Å². The van der Waals surface area contributed by atoms with Gasteiger partial charge in [0.1, 0.15) is 0 Å². The van der Waals surface area contributed by atoms with Crippen LogP contribution < -0.4 is 4.90 Å². The molecule has 23 heavy (non-hydrogen) atoms. The number of aromatic nitrogens is 3. The number of thioether (sulfide) groups is 1. The largest absolute Gasteiger partial charge is 0.416 e. The van der Waals surface area contributed by atoms with Gasteiger partial charge in [-0.3, -0.25) is 4.68 Å². The van der Waals surface area contributed by atoms with Gasteiger partial charge < -0.3 is 4.90 Å². The SMILES string of the molecule is C[C@@H]1CCN(Cc2cnnn2C)c2cc(C(F)(F)F)ccc2S1. The lowest BCUT2D eigenvalue weighted by Gasteiger charge is -2.25. The van der Waals surface area contributed by atoms with Gasteiger partial charge in [-0.15, -0.1) is 16.9 Å². The van der Waals surface area contributed by atoms with Crippen molar-refractivity contribution in [2.24, 2.45) is 7.05 Å². The van der Waals surface area contributed by atoms with Gasteiger partial charge in [0.25, 0.3) is 0 Å². The van der Waals surface area contributed by atoms with Gasteiger partial charge >= 0.3 is 6.18 Å². The third-order valence-corrected chi connectivity index (χ3v) is 5.16. The van der Waals surface area contributed by atoms with Crippen molar-refractivity contribution in [1.82, 2.24) is 15.0 Å². The van der Waals surface area contributed by atoms with Crippen molar-refractivity contribution in [1.29, 1.82) is 0 Å². The highest BCUT2D eigenvalue weighted by Gasteiger charge is 2.32. The molecule has 1 aromatic carbocycles. The number of anilines is 1. The van der Waals surface area contributed by atoms with Crippen molar-refractivity contribution < 1.29 is 13.2 Å². The second-order valence-corrected chi connectivity index (χ2v) is 7.15. The number of alkyl halides is 3. The van der Waals surface area contributed by atoms with E-state index < -0.39 is 11.7 Å². The Hall–Kier alpha value is -1.70. The molecule has 0 fully saturated rings. The van der Waals surface area contributed by atoms with Crippen molar-refractivity contribution in [2.75, 3.05) is 11.4 Å². The third-order valence-electron chi connectivity index (χ3n) is 3.92. The first kappa shape index (κ1) is 16.2. The molecule has 0 saturated heterocycles. The fourth-order valence-corrected chi connectivity index (χ4v) is 3.70. The van der Waals surface area contributed by atoms with Gasteiger partial charge in [-0.05, 0) is 24.6 Å². The standard InChI is InChI=1S/C15H17F3N4S/c1-10-5-6-22(9-12-8-19-20-21(12)2)13-7-11(15(16,17)18)3-4-14(13)23-10/h3-4,7-8,10H,5-6,9H2,1-2H3/t10-/m1/s1. The molecule has 1 aliphatic rings. The Bertz CT molecular complexity index is 698.